The first-order chi connectivity index (χ1) is 9.76. The molecule has 0 amide bonds. The molecule has 6 heteroatoms. The van der Waals surface area contributed by atoms with Gasteiger partial charge in [0.05, 0.1) is 0 Å². The van der Waals surface area contributed by atoms with Gasteiger partial charge < -0.3 is 0 Å². The summed E-state index contributed by atoms with van der Waals surface area (Å²) in [5.41, 5.74) is 0. The van der Waals surface area contributed by atoms with Gasteiger partial charge in [-0.1, -0.05) is 0 Å². The van der Waals surface area contributed by atoms with Gasteiger partial charge in [0.2, 0.25) is 0 Å². The van der Waals surface area contributed by atoms with Gasteiger partial charge in [0.25, 0.3) is 0 Å². The van der Waals surface area contributed by atoms with E-state index in [9.17, 15) is 13.0 Å². The van der Waals surface area contributed by atoms with Crippen molar-refractivity contribution in [3.63, 3.8) is 0 Å². The van der Waals surface area contributed by atoms with Crippen molar-refractivity contribution in [2.45, 2.75) is 59.3 Å². The van der Waals surface area contributed by atoms with Gasteiger partial charge in [0.1, 0.15) is 0 Å². The van der Waals surface area contributed by atoms with Crippen molar-refractivity contribution in [2.24, 2.45) is 0 Å². The van der Waals surface area contributed by atoms with E-state index in [1.54, 1.807) is 6.08 Å². The number of unbranched alkanes of at least 4 members (excludes halogenated alkanes) is 3. The molecule has 0 aromatic carbocycles. The quantitative estimate of drug-likeness (QED) is 0.295. The number of hydrogen-bond acceptors (Lipinski definition) is 3. The molecule has 0 heterocycles. The van der Waals surface area contributed by atoms with Crippen LogP contribution in [0.1, 0.15) is 59.3 Å². The van der Waals surface area contributed by atoms with E-state index < -0.39 is 17.2 Å². The minimum absolute atomic E-state index is 0.575. The van der Waals surface area contributed by atoms with Crippen molar-refractivity contribution < 1.29 is 16.9 Å². The zero-order valence-corrected chi connectivity index (χ0v) is 15.6. The van der Waals surface area contributed by atoms with Gasteiger partial charge in [-0.15, -0.1) is 0 Å². The summed E-state index contributed by atoms with van der Waals surface area (Å²) in [6.07, 6.45) is 10.4. The van der Waals surface area contributed by atoms with Crippen LogP contribution in [0.2, 0.25) is 0 Å². The molecule has 0 saturated carbocycles. The first-order valence-electron chi connectivity index (χ1n) is 8.07. The molecule has 0 bridgehead atoms. The molecule has 0 fully saturated rings. The van der Waals surface area contributed by atoms with Gasteiger partial charge >= 0.3 is 131 Å². The van der Waals surface area contributed by atoms with E-state index in [1.807, 2.05) is 0 Å². The van der Waals surface area contributed by atoms with Gasteiger partial charge in [-0.25, -0.2) is 0 Å². The molecule has 0 aliphatic carbocycles. The van der Waals surface area contributed by atoms with Gasteiger partial charge in [-0.05, 0) is 0 Å². The number of allylic oxidation sites excluding steroid dienone is 1. The number of rotatable bonds is 13. The van der Waals surface area contributed by atoms with Crippen LogP contribution in [0.5, 0.6) is 0 Å². The van der Waals surface area contributed by atoms with Crippen LogP contribution in [0.4, 0.5) is 0 Å². The average molecular weight is 340 g/mol. The molecule has 128 valence electrons. The van der Waals surface area contributed by atoms with Crippen LogP contribution in [0.15, 0.2) is 12.7 Å². The Bertz CT molecular complexity index is 381. The zero-order valence-electron chi connectivity index (χ0n) is 13.9. The first-order valence-corrected chi connectivity index (χ1v) is 12.3. The van der Waals surface area contributed by atoms with E-state index >= 15 is 0 Å². The van der Waals surface area contributed by atoms with E-state index in [1.165, 1.54) is 0 Å². The van der Waals surface area contributed by atoms with Gasteiger partial charge in [-0.3, -0.25) is 0 Å². The second kappa shape index (κ2) is 9.24. The van der Waals surface area contributed by atoms with Crippen LogP contribution >= 0.6 is 6.83 Å². The fraction of sp³-hybridized carbons (Fsp3) is 0.867. The molecule has 0 spiro atoms. The molecule has 0 unspecified atom stereocenters. The summed E-state index contributed by atoms with van der Waals surface area (Å²) >= 11 is 0. The molecule has 0 aliphatic rings. The molecule has 0 rings (SSSR count). The third-order valence-corrected chi connectivity index (χ3v) is 12.1. The summed E-state index contributed by atoms with van der Waals surface area (Å²) in [6.45, 7) is 7.10. The third-order valence-electron chi connectivity index (χ3n) is 4.13. The molecule has 1 N–H and O–H groups in total. The van der Waals surface area contributed by atoms with Crippen LogP contribution in [0.3, 0.4) is 0 Å². The Kier molecular flexibility index (Phi) is 9.26. The monoisotopic (exact) mass is 340 g/mol. The molecular weight excluding hydrogens is 307 g/mol. The van der Waals surface area contributed by atoms with E-state index in [4.69, 9.17) is 3.97 Å². The van der Waals surface area contributed by atoms with Crippen LogP contribution in [-0.4, -0.2) is 37.6 Å². The normalized spacial score (nSPS) is 14.6. The van der Waals surface area contributed by atoms with Crippen LogP contribution in [0, 0.1) is 0 Å². The fourth-order valence-electron chi connectivity index (χ4n) is 3.02. The topological polar surface area (TPSA) is 63.6 Å². The molecule has 0 aromatic heterocycles. The Balaban J connectivity index is 5.75. The van der Waals surface area contributed by atoms with E-state index in [2.05, 4.69) is 27.4 Å². The van der Waals surface area contributed by atoms with Crippen LogP contribution < -0.4 is 0 Å². The predicted octanol–water partition coefficient (Wildman–Crippen LogP) is 4.86. The fourth-order valence-corrected chi connectivity index (χ4v) is 11.5. The molecule has 21 heavy (non-hydrogen) atoms. The van der Waals surface area contributed by atoms with Gasteiger partial charge in [0, 0.05) is 0 Å². The van der Waals surface area contributed by atoms with Crippen LogP contribution in [-0.2, 0) is 14.4 Å². The van der Waals surface area contributed by atoms with Crippen molar-refractivity contribution in [3.05, 3.63) is 12.7 Å². The zero-order chi connectivity index (χ0) is 16.4. The molecule has 0 aromatic rings. The molecular formula is C15H33O4PS. The Morgan fingerprint density at radius 3 is 1.62 bits per heavy atom. The molecule has 0 radical (unpaired) electrons. The van der Waals surface area contributed by atoms with Crippen molar-refractivity contribution in [1.82, 2.24) is 0 Å². The van der Waals surface area contributed by atoms with Crippen LogP contribution in [0.25, 0.3) is 0 Å². The van der Waals surface area contributed by atoms with Crippen molar-refractivity contribution in [1.29, 1.82) is 0 Å². The average Bonchev–Trinajstić information content (AvgIpc) is 2.40. The second-order valence-electron chi connectivity index (χ2n) is 6.06. The van der Waals surface area contributed by atoms with Crippen molar-refractivity contribution in [2.75, 3.05) is 24.6 Å². The Labute approximate surface area is 131 Å². The summed E-state index contributed by atoms with van der Waals surface area (Å²) in [7, 11) is -4.44. The molecule has 0 aliphatic heterocycles. The van der Waals surface area contributed by atoms with E-state index in [-0.39, 0.29) is 0 Å². The van der Waals surface area contributed by atoms with E-state index in [0.717, 1.165) is 57.0 Å². The van der Waals surface area contributed by atoms with Gasteiger partial charge in [0.15, 0.2) is 0 Å². The van der Waals surface area contributed by atoms with E-state index in [0.29, 0.717) is 6.16 Å². The number of hydrogen-bond donors (Lipinski definition) is 1. The molecule has 4 nitrogen and oxygen atoms in total. The summed E-state index contributed by atoms with van der Waals surface area (Å²) in [6, 6.07) is 0. The SMILES string of the molecule is C=CCP(CCCC)(CCCC)(CCCC)OS(=O)(=O)O. The standard InChI is InChI=1S/C15H33O4PS/c1-5-9-13-20(12-8-4,14-10-6-2,15-11-7-3)19-21(16,17)18/h8H,4-7,9-15H2,1-3H3,(H,16,17,18). The Morgan fingerprint density at radius 1 is 1.00 bits per heavy atom. The first kappa shape index (κ1) is 21.0. The summed E-state index contributed by atoms with van der Waals surface area (Å²) < 4.78 is 38.0. The van der Waals surface area contributed by atoms with Gasteiger partial charge in [-0.2, -0.15) is 0 Å². The van der Waals surface area contributed by atoms with Crippen molar-refractivity contribution >= 4 is 17.2 Å². The summed E-state index contributed by atoms with van der Waals surface area (Å²) in [4.78, 5) is 0. The summed E-state index contributed by atoms with van der Waals surface area (Å²) in [5.74, 6) is 0. The minimum atomic E-state index is -4.44. The molecule has 0 atom stereocenters. The predicted molar refractivity (Wildman–Crippen MR) is 93.9 cm³/mol. The van der Waals surface area contributed by atoms with Crippen molar-refractivity contribution in [3.8, 4) is 0 Å². The Hall–Kier alpha value is 0.0400. The maximum absolute atomic E-state index is 11.5. The second-order valence-corrected chi connectivity index (χ2v) is 12.9. The third kappa shape index (κ3) is 7.23. The summed E-state index contributed by atoms with van der Waals surface area (Å²) in [5, 5.41) is 0. The maximum atomic E-state index is 11.5. The Morgan fingerprint density at radius 2 is 1.38 bits per heavy atom. The molecule has 0 saturated heterocycles.